The lowest BCUT2D eigenvalue weighted by Gasteiger charge is -2.55. The zero-order valence-corrected chi connectivity index (χ0v) is 24.5. The summed E-state index contributed by atoms with van der Waals surface area (Å²) in [6.07, 6.45) is 1.33. The van der Waals surface area contributed by atoms with E-state index in [4.69, 9.17) is 4.74 Å². The number of carbonyl (C=O) groups excluding carboxylic acids is 3. The smallest absolute Gasteiger partial charge is 0.313 e. The first kappa shape index (κ1) is 27.4. The molecule has 3 aliphatic rings. The van der Waals surface area contributed by atoms with E-state index >= 15 is 0 Å². The van der Waals surface area contributed by atoms with Crippen molar-refractivity contribution in [3.8, 4) is 5.75 Å². The van der Waals surface area contributed by atoms with Crippen LogP contribution in [0.4, 0.5) is 0 Å². The fourth-order valence-corrected chi connectivity index (χ4v) is 7.79. The molecule has 0 radical (unpaired) electrons. The van der Waals surface area contributed by atoms with Crippen LogP contribution in [0.5, 0.6) is 5.75 Å². The van der Waals surface area contributed by atoms with Crippen molar-refractivity contribution < 1.29 is 19.1 Å². The van der Waals surface area contributed by atoms with Crippen LogP contribution in [-0.4, -0.2) is 60.7 Å². The lowest BCUT2D eigenvalue weighted by molar-refractivity contribution is -0.138. The zero-order valence-electron chi connectivity index (χ0n) is 24.5. The van der Waals surface area contributed by atoms with Gasteiger partial charge in [-0.15, -0.1) is 0 Å². The second-order valence-electron chi connectivity index (χ2n) is 12.8. The Morgan fingerprint density at radius 1 is 0.976 bits per heavy atom. The van der Waals surface area contributed by atoms with E-state index in [-0.39, 0.29) is 35.0 Å². The summed E-state index contributed by atoms with van der Waals surface area (Å²) in [5.41, 5.74) is 2.41. The Kier molecular flexibility index (Phi) is 6.46. The number of hydrogen-bond donors (Lipinski definition) is 0. The summed E-state index contributed by atoms with van der Waals surface area (Å²) in [6, 6.07) is 25.7. The van der Waals surface area contributed by atoms with Gasteiger partial charge in [-0.3, -0.25) is 19.3 Å². The SMILES string of the molecule is CC(C)C(=O)Oc1ccc2c(c1)C1(C)CC23CN(CCC(C(=O)N(C)C)(c2ccccc2)c2ccccc2)C3C1=O. The predicted octanol–water partition coefficient (Wildman–Crippen LogP) is 4.88. The molecule has 1 saturated heterocycles. The maximum Gasteiger partial charge on any atom is 0.313 e. The van der Waals surface area contributed by atoms with Crippen molar-refractivity contribution in [3.05, 3.63) is 101 Å². The number of Topliss-reactive ketones (excluding diaryl/α,β-unsaturated/α-hetero) is 1. The topological polar surface area (TPSA) is 66.9 Å². The minimum absolute atomic E-state index is 0.0326. The van der Waals surface area contributed by atoms with E-state index < -0.39 is 10.8 Å². The molecule has 2 bridgehead atoms. The molecule has 3 unspecified atom stereocenters. The van der Waals surface area contributed by atoms with Gasteiger partial charge in [0.2, 0.25) is 5.91 Å². The molecular weight excluding hydrogens is 512 g/mol. The van der Waals surface area contributed by atoms with Crippen LogP contribution in [0.2, 0.25) is 0 Å². The Morgan fingerprint density at radius 3 is 2.15 bits per heavy atom. The molecule has 3 atom stereocenters. The fourth-order valence-electron chi connectivity index (χ4n) is 7.79. The summed E-state index contributed by atoms with van der Waals surface area (Å²) in [5, 5.41) is 0. The number of fused-ring (bicyclic) bond motifs is 3. The summed E-state index contributed by atoms with van der Waals surface area (Å²) >= 11 is 0. The van der Waals surface area contributed by atoms with Crippen LogP contribution in [0.1, 0.15) is 55.9 Å². The highest BCUT2D eigenvalue weighted by Gasteiger charge is 2.73. The first-order chi connectivity index (χ1) is 19.5. The number of hydrogen-bond acceptors (Lipinski definition) is 5. The zero-order chi connectivity index (χ0) is 29.2. The highest BCUT2D eigenvalue weighted by atomic mass is 16.5. The Labute approximate surface area is 242 Å². The molecule has 212 valence electrons. The molecule has 1 saturated carbocycles. The summed E-state index contributed by atoms with van der Waals surface area (Å²) < 4.78 is 5.59. The van der Waals surface area contributed by atoms with Crippen LogP contribution in [0.15, 0.2) is 78.9 Å². The minimum Gasteiger partial charge on any atom is -0.426 e. The third-order valence-corrected chi connectivity index (χ3v) is 9.73. The predicted molar refractivity (Wildman–Crippen MR) is 158 cm³/mol. The maximum atomic E-state index is 14.1. The van der Waals surface area contributed by atoms with E-state index in [1.165, 1.54) is 5.56 Å². The van der Waals surface area contributed by atoms with Gasteiger partial charge >= 0.3 is 5.97 Å². The van der Waals surface area contributed by atoms with Crippen LogP contribution in [0.25, 0.3) is 0 Å². The van der Waals surface area contributed by atoms with Crippen molar-refractivity contribution in [2.45, 2.75) is 55.9 Å². The molecule has 0 N–H and O–H groups in total. The average Bonchev–Trinajstić information content (AvgIpc) is 3.33. The van der Waals surface area contributed by atoms with Gasteiger partial charge in [0.15, 0.2) is 5.78 Å². The van der Waals surface area contributed by atoms with Gasteiger partial charge in [-0.05, 0) is 54.2 Å². The standard InChI is InChI=1S/C35H38N2O4/c1-23(2)31(39)41-26-16-17-27-28(20-26)33(3)21-34(27)22-37(29(34)30(33)38)19-18-35(32(40)36(4)5,24-12-8-6-9-13-24)25-14-10-7-11-15-25/h6-17,20,23,29H,18-19,21-22H2,1-5H3. The summed E-state index contributed by atoms with van der Waals surface area (Å²) in [7, 11) is 3.62. The Morgan fingerprint density at radius 2 is 1.59 bits per heavy atom. The minimum atomic E-state index is -0.869. The second-order valence-corrected chi connectivity index (χ2v) is 12.8. The van der Waals surface area contributed by atoms with Crippen LogP contribution in [-0.2, 0) is 30.6 Å². The number of ether oxygens (including phenoxy) is 1. The molecule has 6 heteroatoms. The largest absolute Gasteiger partial charge is 0.426 e. The molecule has 3 aromatic carbocycles. The van der Waals surface area contributed by atoms with Gasteiger partial charge in [0, 0.05) is 32.6 Å². The summed E-state index contributed by atoms with van der Waals surface area (Å²) in [6.45, 7) is 7.06. The van der Waals surface area contributed by atoms with Gasteiger partial charge < -0.3 is 9.64 Å². The fraction of sp³-hybridized carbons (Fsp3) is 0.400. The quantitative estimate of drug-likeness (QED) is 0.296. The van der Waals surface area contributed by atoms with Crippen molar-refractivity contribution in [1.29, 1.82) is 0 Å². The van der Waals surface area contributed by atoms with E-state index in [9.17, 15) is 14.4 Å². The maximum absolute atomic E-state index is 14.1. The molecule has 1 amide bonds. The van der Waals surface area contributed by atoms with E-state index in [1.54, 1.807) is 4.90 Å². The van der Waals surface area contributed by atoms with Gasteiger partial charge in [0.05, 0.1) is 17.4 Å². The Bertz CT molecular complexity index is 1480. The first-order valence-electron chi connectivity index (χ1n) is 14.5. The molecule has 6 rings (SSSR count). The molecular formula is C35H38N2O4. The summed E-state index contributed by atoms with van der Waals surface area (Å²) in [4.78, 5) is 44.3. The first-order valence-corrected chi connectivity index (χ1v) is 14.5. The monoisotopic (exact) mass is 550 g/mol. The van der Waals surface area contributed by atoms with Crippen LogP contribution in [0, 0.1) is 5.92 Å². The molecule has 1 aliphatic heterocycles. The van der Waals surface area contributed by atoms with E-state index in [0.29, 0.717) is 18.7 Å². The molecule has 3 aromatic rings. The van der Waals surface area contributed by atoms with Gasteiger partial charge in [-0.2, -0.15) is 0 Å². The van der Waals surface area contributed by atoms with Crippen molar-refractivity contribution in [2.24, 2.45) is 5.92 Å². The number of ketones is 1. The number of rotatable bonds is 8. The third-order valence-electron chi connectivity index (χ3n) is 9.73. The van der Waals surface area contributed by atoms with Gasteiger partial charge in [0.25, 0.3) is 0 Å². The van der Waals surface area contributed by atoms with Crippen LogP contribution >= 0.6 is 0 Å². The van der Waals surface area contributed by atoms with Crippen LogP contribution in [0.3, 0.4) is 0 Å². The van der Waals surface area contributed by atoms with Gasteiger partial charge in [0.1, 0.15) is 11.2 Å². The molecule has 6 nitrogen and oxygen atoms in total. The number of benzene rings is 3. The molecule has 41 heavy (non-hydrogen) atoms. The second kappa shape index (κ2) is 9.66. The normalized spacial score (nSPS) is 24.5. The average molecular weight is 551 g/mol. The van der Waals surface area contributed by atoms with Gasteiger partial charge in [-0.1, -0.05) is 80.6 Å². The molecule has 2 aliphatic carbocycles. The molecule has 2 fully saturated rings. The van der Waals surface area contributed by atoms with Crippen molar-refractivity contribution in [1.82, 2.24) is 9.80 Å². The van der Waals surface area contributed by atoms with Gasteiger partial charge in [-0.25, -0.2) is 0 Å². The van der Waals surface area contributed by atoms with E-state index in [1.807, 2.05) is 108 Å². The number of carbonyl (C=O) groups is 3. The number of esters is 1. The highest BCUT2D eigenvalue weighted by molar-refractivity contribution is 6.03. The van der Waals surface area contributed by atoms with Crippen molar-refractivity contribution in [3.63, 3.8) is 0 Å². The Hall–Kier alpha value is -3.77. The number of likely N-dealkylation sites (N-methyl/N-ethyl adjacent to an activating group) is 1. The van der Waals surface area contributed by atoms with E-state index in [2.05, 4.69) is 11.0 Å². The summed E-state index contributed by atoms with van der Waals surface area (Å²) in [5.74, 6) is 0.268. The number of amides is 1. The lowest BCUT2D eigenvalue weighted by Crippen LogP contribution is -2.68. The molecule has 1 heterocycles. The van der Waals surface area contributed by atoms with E-state index in [0.717, 1.165) is 29.7 Å². The lowest BCUT2D eigenvalue weighted by atomic mass is 9.65. The molecule has 1 spiro atoms. The van der Waals surface area contributed by atoms with Crippen molar-refractivity contribution in [2.75, 3.05) is 27.2 Å². The van der Waals surface area contributed by atoms with Crippen LogP contribution < -0.4 is 4.74 Å². The number of nitrogens with zero attached hydrogens (tertiary/aromatic N) is 2. The molecule has 0 aromatic heterocycles. The van der Waals surface area contributed by atoms with Crippen molar-refractivity contribution >= 4 is 17.7 Å². The highest BCUT2D eigenvalue weighted by Crippen LogP contribution is 2.65. The Balaban J connectivity index is 1.32. The third kappa shape index (κ3) is 3.91. The number of likely N-dealkylation sites (tertiary alicyclic amines) is 1.